The summed E-state index contributed by atoms with van der Waals surface area (Å²) < 4.78 is 5.67. The van der Waals surface area contributed by atoms with Crippen LogP contribution in [0.1, 0.15) is 79.1 Å². The van der Waals surface area contributed by atoms with Crippen LogP contribution in [0, 0.1) is 11.8 Å². The molecule has 0 N–H and O–H groups in total. The minimum atomic E-state index is 0.295. The molecule has 1 fully saturated rings. The normalized spacial score (nSPS) is 26.8. The molecular weight excluding hydrogens is 208 g/mol. The smallest absolute Gasteiger partial charge is 0.0916 e. The molecule has 1 heterocycles. The summed E-state index contributed by atoms with van der Waals surface area (Å²) in [5, 5.41) is 0. The minimum Gasteiger partial charge on any atom is -0.370 e. The van der Waals surface area contributed by atoms with E-state index < -0.39 is 0 Å². The van der Waals surface area contributed by atoms with Gasteiger partial charge in [0.25, 0.3) is 0 Å². The quantitative estimate of drug-likeness (QED) is 0.479. The van der Waals surface area contributed by atoms with Crippen LogP contribution in [0.15, 0.2) is 0 Å². The molecule has 1 rings (SSSR count). The van der Waals surface area contributed by atoms with Crippen molar-refractivity contribution < 1.29 is 4.74 Å². The van der Waals surface area contributed by atoms with Gasteiger partial charge < -0.3 is 4.74 Å². The van der Waals surface area contributed by atoms with Gasteiger partial charge in [0.1, 0.15) is 0 Å². The summed E-state index contributed by atoms with van der Waals surface area (Å²) in [6.07, 6.45) is 10.8. The first kappa shape index (κ1) is 15.0. The van der Waals surface area contributed by atoms with E-state index in [0.29, 0.717) is 5.60 Å². The van der Waals surface area contributed by atoms with Crippen LogP contribution in [0.3, 0.4) is 0 Å². The predicted octanol–water partition coefficient (Wildman–Crippen LogP) is 5.19. The van der Waals surface area contributed by atoms with E-state index in [-0.39, 0.29) is 0 Å². The van der Waals surface area contributed by atoms with Gasteiger partial charge >= 0.3 is 0 Å². The number of hydrogen-bond donors (Lipinski definition) is 0. The van der Waals surface area contributed by atoms with E-state index in [1.165, 1.54) is 51.4 Å². The van der Waals surface area contributed by atoms with Gasteiger partial charge in [0.2, 0.25) is 0 Å². The zero-order chi connectivity index (χ0) is 12.7. The highest BCUT2D eigenvalue weighted by molar-refractivity contribution is 4.92. The second-order valence-electron chi connectivity index (χ2n) is 5.96. The summed E-state index contributed by atoms with van der Waals surface area (Å²) in [7, 11) is 0. The molecule has 3 atom stereocenters. The molecule has 0 bridgehead atoms. The number of rotatable bonds is 10. The summed E-state index contributed by atoms with van der Waals surface area (Å²) in [5.41, 5.74) is 0.295. The number of epoxide rings is 1. The van der Waals surface area contributed by atoms with Crippen molar-refractivity contribution in [3.63, 3.8) is 0 Å². The van der Waals surface area contributed by atoms with Gasteiger partial charge in [0.05, 0.1) is 12.2 Å². The molecule has 1 aliphatic heterocycles. The molecular formula is C16H32O. The van der Waals surface area contributed by atoms with Gasteiger partial charge in [-0.1, -0.05) is 59.8 Å². The Bertz CT molecular complexity index is 196. The fraction of sp³-hybridized carbons (Fsp3) is 1.00. The van der Waals surface area contributed by atoms with E-state index in [9.17, 15) is 0 Å². The van der Waals surface area contributed by atoms with E-state index >= 15 is 0 Å². The van der Waals surface area contributed by atoms with Crippen LogP contribution in [-0.2, 0) is 4.74 Å². The molecule has 17 heavy (non-hydrogen) atoms. The number of hydrogen-bond acceptors (Lipinski definition) is 1. The molecule has 0 aromatic rings. The van der Waals surface area contributed by atoms with Crippen molar-refractivity contribution >= 4 is 0 Å². The molecule has 3 unspecified atom stereocenters. The molecule has 1 nitrogen and oxygen atoms in total. The van der Waals surface area contributed by atoms with E-state index in [0.717, 1.165) is 18.4 Å². The second-order valence-corrected chi connectivity index (χ2v) is 5.96. The summed E-state index contributed by atoms with van der Waals surface area (Å²) >= 11 is 0. The molecule has 0 radical (unpaired) electrons. The highest BCUT2D eigenvalue weighted by Gasteiger charge is 2.44. The zero-order valence-corrected chi connectivity index (χ0v) is 12.4. The topological polar surface area (TPSA) is 12.5 Å². The Morgan fingerprint density at radius 3 is 2.12 bits per heavy atom. The highest BCUT2D eigenvalue weighted by atomic mass is 16.6. The monoisotopic (exact) mass is 240 g/mol. The third-order valence-corrected chi connectivity index (χ3v) is 4.64. The van der Waals surface area contributed by atoms with Crippen molar-refractivity contribution in [3.8, 4) is 0 Å². The van der Waals surface area contributed by atoms with Crippen LogP contribution in [-0.4, -0.2) is 12.2 Å². The Labute approximate surface area is 108 Å². The Balaban J connectivity index is 2.33. The first-order chi connectivity index (χ1) is 8.19. The van der Waals surface area contributed by atoms with Gasteiger partial charge in [-0.25, -0.2) is 0 Å². The Morgan fingerprint density at radius 2 is 1.71 bits per heavy atom. The van der Waals surface area contributed by atoms with E-state index in [2.05, 4.69) is 27.7 Å². The number of ether oxygens (including phenoxy) is 1. The van der Waals surface area contributed by atoms with Crippen molar-refractivity contribution in [1.82, 2.24) is 0 Å². The summed E-state index contributed by atoms with van der Waals surface area (Å²) in [6.45, 7) is 10.3. The van der Waals surface area contributed by atoms with Crippen molar-refractivity contribution in [2.24, 2.45) is 11.8 Å². The van der Waals surface area contributed by atoms with E-state index in [1.54, 1.807) is 0 Å². The molecule has 0 aromatic carbocycles. The van der Waals surface area contributed by atoms with Gasteiger partial charge in [-0.15, -0.1) is 0 Å². The average molecular weight is 240 g/mol. The molecule has 0 aliphatic carbocycles. The number of unbranched alkanes of at least 4 members (excludes halogenated alkanes) is 1. The van der Waals surface area contributed by atoms with Crippen LogP contribution in [0.5, 0.6) is 0 Å². The minimum absolute atomic E-state index is 0.295. The first-order valence-electron chi connectivity index (χ1n) is 7.83. The maximum atomic E-state index is 5.67. The van der Waals surface area contributed by atoms with Crippen LogP contribution < -0.4 is 0 Å². The standard InChI is InChI=1S/C16H32O/c1-5-9-10-14(6-2)11-15(7-3)12-16(8-4)13-17-16/h14-15H,5-13H2,1-4H3. The van der Waals surface area contributed by atoms with Crippen molar-refractivity contribution in [2.45, 2.75) is 84.7 Å². The Kier molecular flexibility index (Phi) is 6.54. The lowest BCUT2D eigenvalue weighted by Crippen LogP contribution is -2.18. The molecule has 102 valence electrons. The van der Waals surface area contributed by atoms with Crippen LogP contribution in [0.4, 0.5) is 0 Å². The Hall–Kier alpha value is -0.0400. The first-order valence-corrected chi connectivity index (χ1v) is 7.83. The molecule has 0 spiro atoms. The van der Waals surface area contributed by atoms with Gasteiger partial charge in [-0.05, 0) is 31.1 Å². The summed E-state index contributed by atoms with van der Waals surface area (Å²) in [4.78, 5) is 0. The third-order valence-electron chi connectivity index (χ3n) is 4.64. The van der Waals surface area contributed by atoms with Crippen LogP contribution in [0.2, 0.25) is 0 Å². The lowest BCUT2D eigenvalue weighted by molar-refractivity contribution is 0.216. The SMILES string of the molecule is CCCCC(CC)CC(CC)CC1(CC)CO1. The summed E-state index contributed by atoms with van der Waals surface area (Å²) in [6, 6.07) is 0. The summed E-state index contributed by atoms with van der Waals surface area (Å²) in [5.74, 6) is 1.84. The molecule has 0 aromatic heterocycles. The van der Waals surface area contributed by atoms with Crippen LogP contribution >= 0.6 is 0 Å². The van der Waals surface area contributed by atoms with Crippen LogP contribution in [0.25, 0.3) is 0 Å². The molecule has 0 amide bonds. The fourth-order valence-corrected chi connectivity index (χ4v) is 2.94. The largest absolute Gasteiger partial charge is 0.370 e. The average Bonchev–Trinajstić information content (AvgIpc) is 3.13. The molecule has 0 saturated carbocycles. The lowest BCUT2D eigenvalue weighted by Gasteiger charge is -2.24. The lowest BCUT2D eigenvalue weighted by atomic mass is 9.82. The second kappa shape index (κ2) is 7.41. The fourth-order valence-electron chi connectivity index (χ4n) is 2.94. The maximum absolute atomic E-state index is 5.67. The maximum Gasteiger partial charge on any atom is 0.0916 e. The van der Waals surface area contributed by atoms with E-state index in [4.69, 9.17) is 4.74 Å². The predicted molar refractivity (Wildman–Crippen MR) is 75.3 cm³/mol. The van der Waals surface area contributed by atoms with E-state index in [1.807, 2.05) is 0 Å². The van der Waals surface area contributed by atoms with Gasteiger partial charge in [-0.2, -0.15) is 0 Å². The van der Waals surface area contributed by atoms with Gasteiger partial charge in [0.15, 0.2) is 0 Å². The Morgan fingerprint density at radius 1 is 1.06 bits per heavy atom. The molecule has 1 heteroatoms. The molecule has 1 aliphatic rings. The zero-order valence-electron chi connectivity index (χ0n) is 12.4. The third kappa shape index (κ3) is 4.99. The highest BCUT2D eigenvalue weighted by Crippen LogP contribution is 2.40. The van der Waals surface area contributed by atoms with Gasteiger partial charge in [0, 0.05) is 0 Å². The van der Waals surface area contributed by atoms with Crippen molar-refractivity contribution in [1.29, 1.82) is 0 Å². The van der Waals surface area contributed by atoms with Crippen molar-refractivity contribution in [3.05, 3.63) is 0 Å². The van der Waals surface area contributed by atoms with Crippen molar-refractivity contribution in [2.75, 3.05) is 6.61 Å². The van der Waals surface area contributed by atoms with Gasteiger partial charge in [-0.3, -0.25) is 0 Å². The molecule has 1 saturated heterocycles.